The Kier molecular flexibility index (Phi) is 3.97. The molecule has 0 atom stereocenters. The zero-order valence-corrected chi connectivity index (χ0v) is 12.8. The molecule has 0 radical (unpaired) electrons. The third-order valence-corrected chi connectivity index (χ3v) is 4.09. The van der Waals surface area contributed by atoms with Gasteiger partial charge < -0.3 is 10.2 Å². The molecule has 1 heterocycles. The summed E-state index contributed by atoms with van der Waals surface area (Å²) in [5.41, 5.74) is 3.28. The van der Waals surface area contributed by atoms with Crippen molar-refractivity contribution >= 4 is 23.0 Å². The van der Waals surface area contributed by atoms with E-state index in [1.165, 1.54) is 11.6 Å². The fourth-order valence-corrected chi connectivity index (χ4v) is 2.89. The highest BCUT2D eigenvalue weighted by atomic mass is 16.6. The van der Waals surface area contributed by atoms with Crippen LogP contribution >= 0.6 is 0 Å². The highest BCUT2D eigenvalue weighted by Crippen LogP contribution is 2.28. The van der Waals surface area contributed by atoms with Crippen LogP contribution in [-0.4, -0.2) is 23.9 Å². The normalized spacial score (nSPS) is 12.8. The van der Waals surface area contributed by atoms with Crippen LogP contribution in [0, 0.1) is 17.0 Å². The summed E-state index contributed by atoms with van der Waals surface area (Å²) in [6.45, 7) is 2.68. The third-order valence-electron chi connectivity index (χ3n) is 4.09. The van der Waals surface area contributed by atoms with Crippen molar-refractivity contribution in [1.29, 1.82) is 0 Å². The van der Waals surface area contributed by atoms with Crippen molar-refractivity contribution in [3.05, 3.63) is 63.7 Å². The van der Waals surface area contributed by atoms with Crippen LogP contribution in [0.5, 0.6) is 0 Å². The molecule has 0 aliphatic carbocycles. The Labute approximate surface area is 133 Å². The number of fused-ring (bicyclic) bond motifs is 1. The summed E-state index contributed by atoms with van der Waals surface area (Å²) in [5.74, 6) is -0.176. The van der Waals surface area contributed by atoms with E-state index in [0.717, 1.165) is 18.7 Å². The van der Waals surface area contributed by atoms with Crippen molar-refractivity contribution in [2.45, 2.75) is 13.3 Å². The van der Waals surface area contributed by atoms with Gasteiger partial charge in [0.2, 0.25) is 5.91 Å². The van der Waals surface area contributed by atoms with Gasteiger partial charge >= 0.3 is 0 Å². The van der Waals surface area contributed by atoms with E-state index in [0.29, 0.717) is 11.3 Å². The van der Waals surface area contributed by atoms with Gasteiger partial charge in [0.15, 0.2) is 0 Å². The fraction of sp³-hybridized carbons (Fsp3) is 0.235. The second-order valence-corrected chi connectivity index (χ2v) is 5.56. The van der Waals surface area contributed by atoms with E-state index in [1.807, 2.05) is 23.1 Å². The summed E-state index contributed by atoms with van der Waals surface area (Å²) in [4.78, 5) is 24.8. The van der Waals surface area contributed by atoms with E-state index >= 15 is 0 Å². The average molecular weight is 311 g/mol. The highest BCUT2D eigenvalue weighted by Gasteiger charge is 2.21. The lowest BCUT2D eigenvalue weighted by Gasteiger charge is -2.19. The molecule has 2 aromatic carbocycles. The van der Waals surface area contributed by atoms with Gasteiger partial charge in [0.1, 0.15) is 0 Å². The van der Waals surface area contributed by atoms with Crippen LogP contribution in [-0.2, 0) is 11.2 Å². The van der Waals surface area contributed by atoms with Crippen molar-refractivity contribution in [2.75, 3.05) is 23.3 Å². The molecule has 118 valence electrons. The molecule has 6 heteroatoms. The van der Waals surface area contributed by atoms with Crippen molar-refractivity contribution in [1.82, 2.24) is 0 Å². The molecule has 1 N–H and O–H groups in total. The quantitative estimate of drug-likeness (QED) is 0.696. The van der Waals surface area contributed by atoms with Gasteiger partial charge in [-0.1, -0.05) is 24.3 Å². The topological polar surface area (TPSA) is 75.5 Å². The first-order valence-corrected chi connectivity index (χ1v) is 7.43. The molecule has 0 unspecified atom stereocenters. The Morgan fingerprint density at radius 3 is 2.83 bits per heavy atom. The zero-order valence-electron chi connectivity index (χ0n) is 12.8. The predicted octanol–water partition coefficient (Wildman–Crippen LogP) is 2.90. The summed E-state index contributed by atoms with van der Waals surface area (Å²) in [5, 5.41) is 13.7. The number of carbonyl (C=O) groups is 1. The van der Waals surface area contributed by atoms with Crippen LogP contribution in [0.15, 0.2) is 42.5 Å². The number of amides is 1. The van der Waals surface area contributed by atoms with Crippen molar-refractivity contribution in [3.63, 3.8) is 0 Å². The summed E-state index contributed by atoms with van der Waals surface area (Å²) < 4.78 is 0. The Bertz CT molecular complexity index is 773. The molecule has 3 rings (SSSR count). The van der Waals surface area contributed by atoms with Crippen LogP contribution in [0.1, 0.15) is 11.1 Å². The van der Waals surface area contributed by atoms with Crippen molar-refractivity contribution in [3.8, 4) is 0 Å². The molecule has 23 heavy (non-hydrogen) atoms. The molecule has 1 aliphatic rings. The van der Waals surface area contributed by atoms with Gasteiger partial charge in [-0.3, -0.25) is 14.9 Å². The summed E-state index contributed by atoms with van der Waals surface area (Å²) in [7, 11) is 0. The Morgan fingerprint density at radius 2 is 2.04 bits per heavy atom. The van der Waals surface area contributed by atoms with Gasteiger partial charge in [-0.25, -0.2) is 0 Å². The molecule has 2 aromatic rings. The Morgan fingerprint density at radius 1 is 1.26 bits per heavy atom. The number of hydrogen-bond donors (Lipinski definition) is 1. The molecule has 6 nitrogen and oxygen atoms in total. The summed E-state index contributed by atoms with van der Waals surface area (Å²) in [6, 6.07) is 12.7. The highest BCUT2D eigenvalue weighted by molar-refractivity contribution is 5.95. The monoisotopic (exact) mass is 311 g/mol. The number of anilines is 2. The minimum Gasteiger partial charge on any atom is -0.362 e. The van der Waals surface area contributed by atoms with Gasteiger partial charge in [0.05, 0.1) is 22.7 Å². The molecule has 1 amide bonds. The summed E-state index contributed by atoms with van der Waals surface area (Å²) >= 11 is 0. The number of rotatable bonds is 4. The van der Waals surface area contributed by atoms with Crippen LogP contribution in [0.2, 0.25) is 0 Å². The number of benzene rings is 2. The number of carbonyl (C=O) groups excluding carboxylic acids is 1. The third kappa shape index (κ3) is 3.01. The Hall–Kier alpha value is -2.89. The second kappa shape index (κ2) is 6.08. The number of nitro groups is 1. The summed E-state index contributed by atoms with van der Waals surface area (Å²) in [6.07, 6.45) is 0.930. The maximum absolute atomic E-state index is 12.3. The standard InChI is InChI=1S/C17H17N3O3/c1-12-14(6-4-8-15(12)20(22)23)18-17(21)11-19-10-9-13-5-2-3-7-16(13)19/h2-8H,9-11H2,1H3,(H,18,21). The number of para-hydroxylation sites is 1. The maximum atomic E-state index is 12.3. The zero-order chi connectivity index (χ0) is 16.4. The number of nitrogens with zero attached hydrogens (tertiary/aromatic N) is 2. The predicted molar refractivity (Wildman–Crippen MR) is 88.8 cm³/mol. The molecular weight excluding hydrogens is 294 g/mol. The van der Waals surface area contributed by atoms with E-state index in [9.17, 15) is 14.9 Å². The van der Waals surface area contributed by atoms with Crippen molar-refractivity contribution < 1.29 is 9.72 Å². The lowest BCUT2D eigenvalue weighted by atomic mass is 10.1. The lowest BCUT2D eigenvalue weighted by molar-refractivity contribution is -0.385. The SMILES string of the molecule is Cc1c(NC(=O)CN2CCc3ccccc32)cccc1[N+](=O)[O-]. The lowest BCUT2D eigenvalue weighted by Crippen LogP contribution is -2.32. The van der Waals surface area contributed by atoms with Gasteiger partial charge in [0, 0.05) is 18.3 Å². The molecule has 0 bridgehead atoms. The van der Waals surface area contributed by atoms with E-state index in [-0.39, 0.29) is 18.1 Å². The van der Waals surface area contributed by atoms with E-state index in [1.54, 1.807) is 19.1 Å². The van der Waals surface area contributed by atoms with E-state index in [2.05, 4.69) is 11.4 Å². The second-order valence-electron chi connectivity index (χ2n) is 5.56. The fourth-order valence-electron chi connectivity index (χ4n) is 2.89. The molecule has 0 saturated heterocycles. The smallest absolute Gasteiger partial charge is 0.274 e. The van der Waals surface area contributed by atoms with Gasteiger partial charge in [0.25, 0.3) is 5.69 Å². The van der Waals surface area contributed by atoms with Crippen LogP contribution in [0.3, 0.4) is 0 Å². The first-order valence-electron chi connectivity index (χ1n) is 7.43. The first kappa shape index (κ1) is 15.0. The molecule has 0 aromatic heterocycles. The molecule has 1 aliphatic heterocycles. The molecule has 0 fully saturated rings. The van der Waals surface area contributed by atoms with Crippen LogP contribution in [0.4, 0.5) is 17.1 Å². The number of nitrogens with one attached hydrogen (secondary N) is 1. The maximum Gasteiger partial charge on any atom is 0.274 e. The van der Waals surface area contributed by atoms with Crippen LogP contribution < -0.4 is 10.2 Å². The minimum atomic E-state index is -0.443. The minimum absolute atomic E-state index is 0.00863. The molecule has 0 saturated carbocycles. The van der Waals surface area contributed by atoms with Gasteiger partial charge in [-0.15, -0.1) is 0 Å². The van der Waals surface area contributed by atoms with Gasteiger partial charge in [-0.05, 0) is 31.0 Å². The van der Waals surface area contributed by atoms with E-state index < -0.39 is 4.92 Å². The first-order chi connectivity index (χ1) is 11.1. The number of hydrogen-bond acceptors (Lipinski definition) is 4. The average Bonchev–Trinajstić information content (AvgIpc) is 2.92. The van der Waals surface area contributed by atoms with Gasteiger partial charge in [-0.2, -0.15) is 0 Å². The largest absolute Gasteiger partial charge is 0.362 e. The Balaban J connectivity index is 1.72. The van der Waals surface area contributed by atoms with Crippen molar-refractivity contribution in [2.24, 2.45) is 0 Å². The van der Waals surface area contributed by atoms with Crippen LogP contribution in [0.25, 0.3) is 0 Å². The molecular formula is C17H17N3O3. The number of nitro benzene ring substituents is 1. The van der Waals surface area contributed by atoms with E-state index in [4.69, 9.17) is 0 Å². The molecule has 0 spiro atoms.